The summed E-state index contributed by atoms with van der Waals surface area (Å²) in [4.78, 5) is 8.08. The molecule has 2 aromatic rings. The van der Waals surface area contributed by atoms with E-state index in [1.165, 1.54) is 11.4 Å². The van der Waals surface area contributed by atoms with E-state index < -0.39 is 0 Å². The Hall–Kier alpha value is -1.13. The van der Waals surface area contributed by atoms with Crippen LogP contribution in [0.5, 0.6) is 0 Å². The summed E-state index contributed by atoms with van der Waals surface area (Å²) in [7, 11) is 0. The van der Waals surface area contributed by atoms with Crippen LogP contribution in [-0.2, 0) is 12.8 Å². The molecular weight excluding hydrogens is 278 g/mol. The summed E-state index contributed by atoms with van der Waals surface area (Å²) in [6, 6.07) is 8.39. The number of H-pyrrole nitrogens is 1. The van der Waals surface area contributed by atoms with Gasteiger partial charge in [-0.2, -0.15) is 0 Å². The number of aryl methyl sites for hydroxylation is 1. The van der Waals surface area contributed by atoms with Crippen molar-refractivity contribution in [3.05, 3.63) is 40.1 Å². The zero-order valence-corrected chi connectivity index (χ0v) is 11.0. The normalized spacial score (nSPS) is 19.1. The van der Waals surface area contributed by atoms with Gasteiger partial charge in [-0.05, 0) is 18.9 Å². The molecule has 1 aliphatic carbocycles. The van der Waals surface area contributed by atoms with E-state index in [1.807, 2.05) is 18.2 Å². The summed E-state index contributed by atoms with van der Waals surface area (Å²) in [5.41, 5.74) is 9.46. The van der Waals surface area contributed by atoms with Gasteiger partial charge in [0.1, 0.15) is 5.82 Å². The predicted molar refractivity (Wildman–Crippen MR) is 71.7 cm³/mol. The fraction of sp³-hybridized carbons (Fsp3) is 0.308. The molecule has 0 saturated carbocycles. The number of fused-ring (bicyclic) bond motifs is 1. The van der Waals surface area contributed by atoms with Gasteiger partial charge in [-0.1, -0.05) is 34.1 Å². The molecule has 1 aliphatic rings. The molecule has 17 heavy (non-hydrogen) atoms. The zero-order chi connectivity index (χ0) is 11.8. The molecule has 0 bridgehead atoms. The van der Waals surface area contributed by atoms with Gasteiger partial charge >= 0.3 is 0 Å². The van der Waals surface area contributed by atoms with Gasteiger partial charge in [0, 0.05) is 28.2 Å². The first-order valence-electron chi connectivity index (χ1n) is 5.82. The average molecular weight is 292 g/mol. The second-order valence-corrected chi connectivity index (χ2v) is 5.35. The van der Waals surface area contributed by atoms with Crippen molar-refractivity contribution in [1.29, 1.82) is 0 Å². The minimum atomic E-state index is 0.273. The number of halogens is 1. The SMILES string of the molecule is NC1CCc2nc(-c3ccccc3Br)[nH]c2C1. The molecule has 1 aromatic heterocycles. The molecule has 1 heterocycles. The fourth-order valence-electron chi connectivity index (χ4n) is 2.29. The standard InChI is InChI=1S/C13H14BrN3/c14-10-4-2-1-3-9(10)13-16-11-6-5-8(15)7-12(11)17-13/h1-4,8H,5-7,15H2,(H,16,17). The number of nitrogens with zero attached hydrogens (tertiary/aromatic N) is 1. The first-order valence-corrected chi connectivity index (χ1v) is 6.61. The highest BCUT2D eigenvalue weighted by atomic mass is 79.9. The van der Waals surface area contributed by atoms with E-state index in [0.717, 1.165) is 35.1 Å². The van der Waals surface area contributed by atoms with Crippen LogP contribution in [0.15, 0.2) is 28.7 Å². The number of hydrogen-bond donors (Lipinski definition) is 2. The first kappa shape index (κ1) is 11.0. The minimum absolute atomic E-state index is 0.273. The van der Waals surface area contributed by atoms with E-state index in [0.29, 0.717) is 0 Å². The molecule has 88 valence electrons. The van der Waals surface area contributed by atoms with Gasteiger partial charge in [0.2, 0.25) is 0 Å². The lowest BCUT2D eigenvalue weighted by atomic mass is 9.97. The number of aromatic nitrogens is 2. The van der Waals surface area contributed by atoms with Crippen molar-refractivity contribution in [2.24, 2.45) is 5.73 Å². The molecule has 0 fully saturated rings. The number of benzene rings is 1. The highest BCUT2D eigenvalue weighted by molar-refractivity contribution is 9.10. The summed E-state index contributed by atoms with van der Waals surface area (Å²) in [5, 5.41) is 0. The van der Waals surface area contributed by atoms with E-state index in [9.17, 15) is 0 Å². The molecule has 0 saturated heterocycles. The molecule has 0 aliphatic heterocycles. The Morgan fingerprint density at radius 3 is 3.00 bits per heavy atom. The molecule has 3 rings (SSSR count). The van der Waals surface area contributed by atoms with Crippen molar-refractivity contribution < 1.29 is 0 Å². The number of hydrogen-bond acceptors (Lipinski definition) is 2. The third-order valence-electron chi connectivity index (χ3n) is 3.21. The van der Waals surface area contributed by atoms with Gasteiger partial charge in [0.25, 0.3) is 0 Å². The average Bonchev–Trinajstić information content (AvgIpc) is 2.72. The minimum Gasteiger partial charge on any atom is -0.342 e. The van der Waals surface area contributed by atoms with E-state index in [1.54, 1.807) is 0 Å². The maximum absolute atomic E-state index is 5.97. The molecule has 0 radical (unpaired) electrons. The second kappa shape index (κ2) is 4.27. The van der Waals surface area contributed by atoms with Crippen LogP contribution in [-0.4, -0.2) is 16.0 Å². The second-order valence-electron chi connectivity index (χ2n) is 4.49. The molecule has 3 N–H and O–H groups in total. The Kier molecular flexibility index (Phi) is 2.76. The molecule has 3 nitrogen and oxygen atoms in total. The molecule has 0 spiro atoms. The van der Waals surface area contributed by atoms with Crippen molar-refractivity contribution in [3.8, 4) is 11.4 Å². The van der Waals surface area contributed by atoms with Gasteiger partial charge < -0.3 is 10.7 Å². The summed E-state index contributed by atoms with van der Waals surface area (Å²) in [5.74, 6) is 0.941. The Bertz CT molecular complexity index is 547. The lowest BCUT2D eigenvalue weighted by molar-refractivity contribution is 0.565. The fourth-order valence-corrected chi connectivity index (χ4v) is 2.76. The molecule has 4 heteroatoms. The van der Waals surface area contributed by atoms with Crippen LogP contribution in [0.2, 0.25) is 0 Å². The van der Waals surface area contributed by atoms with E-state index in [-0.39, 0.29) is 6.04 Å². The zero-order valence-electron chi connectivity index (χ0n) is 9.41. The van der Waals surface area contributed by atoms with Crippen LogP contribution in [0.1, 0.15) is 17.8 Å². The smallest absolute Gasteiger partial charge is 0.138 e. The Labute approximate surface area is 109 Å². The van der Waals surface area contributed by atoms with Gasteiger partial charge in [-0.25, -0.2) is 4.98 Å². The quantitative estimate of drug-likeness (QED) is 0.849. The lowest BCUT2D eigenvalue weighted by Gasteiger charge is -2.15. The van der Waals surface area contributed by atoms with Gasteiger partial charge in [0.05, 0.1) is 5.69 Å². The van der Waals surface area contributed by atoms with Crippen LogP contribution in [0.25, 0.3) is 11.4 Å². The molecule has 1 aromatic carbocycles. The Morgan fingerprint density at radius 1 is 1.35 bits per heavy atom. The van der Waals surface area contributed by atoms with Crippen molar-refractivity contribution in [3.63, 3.8) is 0 Å². The Balaban J connectivity index is 2.03. The number of rotatable bonds is 1. The molecule has 1 unspecified atom stereocenters. The highest BCUT2D eigenvalue weighted by Gasteiger charge is 2.20. The number of nitrogens with two attached hydrogens (primary N) is 1. The van der Waals surface area contributed by atoms with Crippen LogP contribution in [0.3, 0.4) is 0 Å². The van der Waals surface area contributed by atoms with E-state index >= 15 is 0 Å². The first-order chi connectivity index (χ1) is 8.24. The van der Waals surface area contributed by atoms with Crippen molar-refractivity contribution in [1.82, 2.24) is 9.97 Å². The largest absolute Gasteiger partial charge is 0.342 e. The summed E-state index contributed by atoms with van der Waals surface area (Å²) in [6.07, 6.45) is 2.93. The predicted octanol–water partition coefficient (Wildman–Crippen LogP) is 2.66. The monoisotopic (exact) mass is 291 g/mol. The van der Waals surface area contributed by atoms with Crippen molar-refractivity contribution >= 4 is 15.9 Å². The lowest BCUT2D eigenvalue weighted by Crippen LogP contribution is -2.27. The molecular formula is C13H14BrN3. The summed E-state index contributed by atoms with van der Waals surface area (Å²) in [6.45, 7) is 0. The number of nitrogens with one attached hydrogen (secondary N) is 1. The van der Waals surface area contributed by atoms with Crippen LogP contribution >= 0.6 is 15.9 Å². The maximum atomic E-state index is 5.97. The van der Waals surface area contributed by atoms with Gasteiger partial charge in [-0.15, -0.1) is 0 Å². The third kappa shape index (κ3) is 2.03. The van der Waals surface area contributed by atoms with Crippen molar-refractivity contribution in [2.75, 3.05) is 0 Å². The molecule has 0 amide bonds. The topological polar surface area (TPSA) is 54.7 Å². The van der Waals surface area contributed by atoms with Crippen LogP contribution < -0.4 is 5.73 Å². The molecule has 1 atom stereocenters. The van der Waals surface area contributed by atoms with E-state index in [4.69, 9.17) is 5.73 Å². The van der Waals surface area contributed by atoms with Crippen LogP contribution in [0, 0.1) is 0 Å². The summed E-state index contributed by atoms with van der Waals surface area (Å²) < 4.78 is 1.07. The van der Waals surface area contributed by atoms with Crippen LogP contribution in [0.4, 0.5) is 0 Å². The van der Waals surface area contributed by atoms with Gasteiger partial charge in [0.15, 0.2) is 0 Å². The Morgan fingerprint density at radius 2 is 2.18 bits per heavy atom. The van der Waals surface area contributed by atoms with Gasteiger partial charge in [-0.3, -0.25) is 0 Å². The van der Waals surface area contributed by atoms with Crippen molar-refractivity contribution in [2.45, 2.75) is 25.3 Å². The number of imidazole rings is 1. The summed E-state index contributed by atoms with van der Waals surface area (Å²) >= 11 is 3.55. The number of aromatic amines is 1. The van der Waals surface area contributed by atoms with E-state index in [2.05, 4.69) is 32.0 Å². The highest BCUT2D eigenvalue weighted by Crippen LogP contribution is 2.28. The maximum Gasteiger partial charge on any atom is 0.138 e. The third-order valence-corrected chi connectivity index (χ3v) is 3.90.